The zero-order valence-electron chi connectivity index (χ0n) is 15.2. The predicted octanol–water partition coefficient (Wildman–Crippen LogP) is 3.49. The highest BCUT2D eigenvalue weighted by Gasteiger charge is 2.27. The van der Waals surface area contributed by atoms with Crippen molar-refractivity contribution >= 4 is 17.5 Å². The molecule has 5 heteroatoms. The lowest BCUT2D eigenvalue weighted by Gasteiger charge is -2.31. The maximum atomic E-state index is 12.6. The standard InChI is InChI=1S/C21H24N2O3/c1-15-6-8-17(9-7-15)21(25)23-12-10-16(11-13-23)20(24)22-18-4-3-5-19(14-18)26-2/h3-9,14,16H,10-13H2,1-2H3,(H,22,24). The molecule has 0 atom stereocenters. The second-order valence-corrected chi connectivity index (χ2v) is 6.65. The van der Waals surface area contributed by atoms with Gasteiger partial charge in [0.15, 0.2) is 0 Å². The lowest BCUT2D eigenvalue weighted by atomic mass is 9.95. The fourth-order valence-electron chi connectivity index (χ4n) is 3.17. The van der Waals surface area contributed by atoms with E-state index in [1.807, 2.05) is 54.3 Å². The number of aryl methyl sites for hydroxylation is 1. The van der Waals surface area contributed by atoms with Crippen molar-refractivity contribution in [1.82, 2.24) is 4.90 Å². The van der Waals surface area contributed by atoms with Gasteiger partial charge in [-0.1, -0.05) is 23.8 Å². The molecule has 1 fully saturated rings. The molecule has 2 aromatic rings. The summed E-state index contributed by atoms with van der Waals surface area (Å²) in [6.07, 6.45) is 1.35. The van der Waals surface area contributed by atoms with Gasteiger partial charge < -0.3 is 15.0 Å². The van der Waals surface area contributed by atoms with Crippen LogP contribution in [0.15, 0.2) is 48.5 Å². The van der Waals surface area contributed by atoms with Crippen LogP contribution in [0.5, 0.6) is 5.75 Å². The Morgan fingerprint density at radius 3 is 2.42 bits per heavy atom. The van der Waals surface area contributed by atoms with Crippen LogP contribution < -0.4 is 10.1 Å². The fraction of sp³-hybridized carbons (Fsp3) is 0.333. The number of carbonyl (C=O) groups is 2. The SMILES string of the molecule is COc1cccc(NC(=O)C2CCN(C(=O)c3ccc(C)cc3)CC2)c1. The van der Waals surface area contributed by atoms with Gasteiger partial charge in [0.2, 0.25) is 5.91 Å². The number of amides is 2. The van der Waals surface area contributed by atoms with Crippen molar-refractivity contribution in [2.75, 3.05) is 25.5 Å². The summed E-state index contributed by atoms with van der Waals surface area (Å²) in [7, 11) is 1.60. The van der Waals surface area contributed by atoms with E-state index in [0.29, 0.717) is 37.2 Å². The summed E-state index contributed by atoms with van der Waals surface area (Å²) in [5, 5.41) is 2.95. The van der Waals surface area contributed by atoms with Crippen LogP contribution in [0.25, 0.3) is 0 Å². The van der Waals surface area contributed by atoms with Crippen LogP contribution in [0.4, 0.5) is 5.69 Å². The number of carbonyl (C=O) groups excluding carboxylic acids is 2. The van der Waals surface area contributed by atoms with Crippen molar-refractivity contribution in [3.8, 4) is 5.75 Å². The van der Waals surface area contributed by atoms with Crippen LogP contribution in [0.1, 0.15) is 28.8 Å². The summed E-state index contributed by atoms with van der Waals surface area (Å²) in [5.41, 5.74) is 2.57. The molecule has 1 heterocycles. The van der Waals surface area contributed by atoms with Gasteiger partial charge in [0.1, 0.15) is 5.75 Å². The largest absolute Gasteiger partial charge is 0.497 e. The summed E-state index contributed by atoms with van der Waals surface area (Å²) in [6.45, 7) is 3.20. The normalized spacial score (nSPS) is 14.8. The van der Waals surface area contributed by atoms with Crippen molar-refractivity contribution in [1.29, 1.82) is 0 Å². The first-order valence-corrected chi connectivity index (χ1v) is 8.87. The molecule has 26 heavy (non-hydrogen) atoms. The number of piperidine rings is 1. The topological polar surface area (TPSA) is 58.6 Å². The van der Waals surface area contributed by atoms with Crippen LogP contribution in [-0.4, -0.2) is 36.9 Å². The maximum absolute atomic E-state index is 12.6. The molecule has 2 aromatic carbocycles. The van der Waals surface area contributed by atoms with E-state index in [1.54, 1.807) is 13.2 Å². The summed E-state index contributed by atoms with van der Waals surface area (Å²) in [4.78, 5) is 26.9. The minimum atomic E-state index is -0.0803. The molecule has 1 saturated heterocycles. The van der Waals surface area contributed by atoms with Crippen LogP contribution >= 0.6 is 0 Å². The molecule has 0 radical (unpaired) electrons. The predicted molar refractivity (Wildman–Crippen MR) is 101 cm³/mol. The molecule has 1 aliphatic heterocycles. The summed E-state index contributed by atoms with van der Waals surface area (Å²) >= 11 is 0. The Hall–Kier alpha value is -2.82. The number of benzene rings is 2. The van der Waals surface area contributed by atoms with Crippen LogP contribution in [0, 0.1) is 12.8 Å². The van der Waals surface area contributed by atoms with Gasteiger partial charge in [0.05, 0.1) is 7.11 Å². The summed E-state index contributed by atoms with van der Waals surface area (Å²) < 4.78 is 5.18. The number of methoxy groups -OCH3 is 1. The number of anilines is 1. The van der Waals surface area contributed by atoms with Gasteiger partial charge in [-0.2, -0.15) is 0 Å². The number of ether oxygens (including phenoxy) is 1. The minimum absolute atomic E-state index is 0.000637. The van der Waals surface area contributed by atoms with E-state index in [-0.39, 0.29) is 17.7 Å². The molecule has 0 saturated carbocycles. The van der Waals surface area contributed by atoms with Gasteiger partial charge in [-0.25, -0.2) is 0 Å². The third kappa shape index (κ3) is 4.23. The average Bonchev–Trinajstić information content (AvgIpc) is 2.68. The first-order chi connectivity index (χ1) is 12.6. The van der Waals surface area contributed by atoms with Crippen molar-refractivity contribution in [2.24, 2.45) is 5.92 Å². The third-order valence-corrected chi connectivity index (χ3v) is 4.79. The van der Waals surface area contributed by atoms with Gasteiger partial charge in [0.25, 0.3) is 5.91 Å². The second-order valence-electron chi connectivity index (χ2n) is 6.65. The number of nitrogens with one attached hydrogen (secondary N) is 1. The average molecular weight is 352 g/mol. The lowest BCUT2D eigenvalue weighted by Crippen LogP contribution is -2.41. The number of hydrogen-bond donors (Lipinski definition) is 1. The Balaban J connectivity index is 1.55. The zero-order chi connectivity index (χ0) is 18.5. The Morgan fingerprint density at radius 1 is 1.08 bits per heavy atom. The number of likely N-dealkylation sites (tertiary alicyclic amines) is 1. The molecule has 0 spiro atoms. The Kier molecular flexibility index (Phi) is 5.56. The molecule has 1 N–H and O–H groups in total. The van der Waals surface area contributed by atoms with Crippen LogP contribution in [0.3, 0.4) is 0 Å². The van der Waals surface area contributed by atoms with Crippen LogP contribution in [-0.2, 0) is 4.79 Å². The molecule has 2 amide bonds. The van der Waals surface area contributed by atoms with E-state index in [0.717, 1.165) is 11.3 Å². The smallest absolute Gasteiger partial charge is 0.253 e. The van der Waals surface area contributed by atoms with Crippen molar-refractivity contribution in [2.45, 2.75) is 19.8 Å². The van der Waals surface area contributed by atoms with Crippen molar-refractivity contribution in [3.05, 3.63) is 59.7 Å². The molecular weight excluding hydrogens is 328 g/mol. The summed E-state index contributed by atoms with van der Waals surface area (Å²) in [6, 6.07) is 14.9. The van der Waals surface area contributed by atoms with Gasteiger partial charge >= 0.3 is 0 Å². The third-order valence-electron chi connectivity index (χ3n) is 4.79. The maximum Gasteiger partial charge on any atom is 0.253 e. The van der Waals surface area contributed by atoms with E-state index >= 15 is 0 Å². The van der Waals surface area contributed by atoms with E-state index in [2.05, 4.69) is 5.32 Å². The van der Waals surface area contributed by atoms with E-state index in [4.69, 9.17) is 4.74 Å². The monoisotopic (exact) mass is 352 g/mol. The second kappa shape index (κ2) is 8.04. The molecule has 136 valence electrons. The number of hydrogen-bond acceptors (Lipinski definition) is 3. The van der Waals surface area contributed by atoms with Gasteiger partial charge in [-0.3, -0.25) is 9.59 Å². The molecule has 0 aromatic heterocycles. The first-order valence-electron chi connectivity index (χ1n) is 8.87. The molecule has 0 bridgehead atoms. The van der Waals surface area contributed by atoms with E-state index in [1.165, 1.54) is 0 Å². The Morgan fingerprint density at radius 2 is 1.77 bits per heavy atom. The number of nitrogens with zero attached hydrogens (tertiary/aromatic N) is 1. The van der Waals surface area contributed by atoms with Crippen molar-refractivity contribution < 1.29 is 14.3 Å². The quantitative estimate of drug-likeness (QED) is 0.916. The van der Waals surface area contributed by atoms with Gasteiger partial charge in [-0.15, -0.1) is 0 Å². The minimum Gasteiger partial charge on any atom is -0.497 e. The number of rotatable bonds is 4. The molecule has 3 rings (SSSR count). The molecule has 5 nitrogen and oxygen atoms in total. The lowest BCUT2D eigenvalue weighted by molar-refractivity contribution is -0.121. The van der Waals surface area contributed by atoms with Gasteiger partial charge in [0, 0.05) is 36.3 Å². The molecule has 1 aliphatic rings. The first kappa shape index (κ1) is 18.0. The Labute approximate surface area is 154 Å². The molecular formula is C21H24N2O3. The van der Waals surface area contributed by atoms with E-state index < -0.39 is 0 Å². The van der Waals surface area contributed by atoms with E-state index in [9.17, 15) is 9.59 Å². The molecule has 0 aliphatic carbocycles. The zero-order valence-corrected chi connectivity index (χ0v) is 15.2. The fourth-order valence-corrected chi connectivity index (χ4v) is 3.17. The Bertz CT molecular complexity index is 778. The highest BCUT2D eigenvalue weighted by Crippen LogP contribution is 2.22. The summed E-state index contributed by atoms with van der Waals surface area (Å²) in [5.74, 6) is 0.668. The van der Waals surface area contributed by atoms with Gasteiger partial charge in [-0.05, 0) is 44.0 Å². The molecule has 0 unspecified atom stereocenters. The highest BCUT2D eigenvalue weighted by atomic mass is 16.5. The van der Waals surface area contributed by atoms with Crippen LogP contribution in [0.2, 0.25) is 0 Å². The van der Waals surface area contributed by atoms with Crippen molar-refractivity contribution in [3.63, 3.8) is 0 Å². The highest BCUT2D eigenvalue weighted by molar-refractivity contribution is 5.95.